The number of likely N-dealkylation sites (tertiary alicyclic amines) is 1. The van der Waals surface area contributed by atoms with Gasteiger partial charge >= 0.3 is 0 Å². The molecular formula is C19H24N4O3. The van der Waals surface area contributed by atoms with Crippen LogP contribution in [-0.2, 0) is 16.1 Å². The van der Waals surface area contributed by atoms with Gasteiger partial charge < -0.3 is 14.3 Å². The molecule has 2 amide bonds. The summed E-state index contributed by atoms with van der Waals surface area (Å²) in [7, 11) is 1.73. The molecule has 1 atom stereocenters. The SMILES string of the molecule is CC(C)CN1CC(C(=O)N(C)Cc2cc(-c3ccncc3)no2)CC1=O. The van der Waals surface area contributed by atoms with Gasteiger partial charge in [-0.2, -0.15) is 0 Å². The van der Waals surface area contributed by atoms with Gasteiger partial charge in [0.2, 0.25) is 11.8 Å². The highest BCUT2D eigenvalue weighted by Crippen LogP contribution is 2.23. The molecular weight excluding hydrogens is 332 g/mol. The molecule has 0 aliphatic carbocycles. The Balaban J connectivity index is 1.60. The predicted octanol–water partition coefficient (Wildman–Crippen LogP) is 2.20. The summed E-state index contributed by atoms with van der Waals surface area (Å²) >= 11 is 0. The number of rotatable bonds is 6. The van der Waals surface area contributed by atoms with Gasteiger partial charge in [0.15, 0.2) is 5.76 Å². The molecule has 0 radical (unpaired) electrons. The van der Waals surface area contributed by atoms with Crippen molar-refractivity contribution in [2.24, 2.45) is 11.8 Å². The highest BCUT2D eigenvalue weighted by molar-refractivity contribution is 5.89. The van der Waals surface area contributed by atoms with E-state index < -0.39 is 0 Å². The van der Waals surface area contributed by atoms with Crippen LogP contribution in [0.4, 0.5) is 0 Å². The van der Waals surface area contributed by atoms with E-state index in [2.05, 4.69) is 24.0 Å². The Labute approximate surface area is 153 Å². The molecule has 2 aromatic heterocycles. The second-order valence-electron chi connectivity index (χ2n) is 7.20. The molecule has 1 unspecified atom stereocenters. The third-order valence-corrected chi connectivity index (χ3v) is 4.45. The van der Waals surface area contributed by atoms with E-state index in [1.165, 1.54) is 0 Å². The molecule has 0 saturated carbocycles. The number of hydrogen-bond donors (Lipinski definition) is 0. The molecule has 1 fully saturated rings. The van der Waals surface area contributed by atoms with E-state index in [4.69, 9.17) is 4.52 Å². The first-order valence-corrected chi connectivity index (χ1v) is 8.82. The van der Waals surface area contributed by atoms with E-state index in [-0.39, 0.29) is 24.2 Å². The van der Waals surface area contributed by atoms with Crippen LogP contribution in [0.25, 0.3) is 11.3 Å². The molecule has 138 valence electrons. The van der Waals surface area contributed by atoms with Crippen LogP contribution in [0.5, 0.6) is 0 Å². The topological polar surface area (TPSA) is 79.5 Å². The molecule has 2 aromatic rings. The van der Waals surface area contributed by atoms with Gasteiger partial charge in [0.25, 0.3) is 0 Å². The van der Waals surface area contributed by atoms with E-state index in [1.54, 1.807) is 29.2 Å². The number of nitrogens with zero attached hydrogens (tertiary/aromatic N) is 4. The summed E-state index contributed by atoms with van der Waals surface area (Å²) in [5.74, 6) is 0.743. The van der Waals surface area contributed by atoms with E-state index in [9.17, 15) is 9.59 Å². The lowest BCUT2D eigenvalue weighted by atomic mass is 10.1. The lowest BCUT2D eigenvalue weighted by Gasteiger charge is -2.21. The number of carbonyl (C=O) groups is 2. The van der Waals surface area contributed by atoms with Crippen LogP contribution in [-0.4, -0.2) is 51.9 Å². The molecule has 1 aliphatic rings. The summed E-state index contributed by atoms with van der Waals surface area (Å²) in [4.78, 5) is 32.1. The molecule has 0 bridgehead atoms. The van der Waals surface area contributed by atoms with Crippen molar-refractivity contribution in [3.05, 3.63) is 36.4 Å². The van der Waals surface area contributed by atoms with Gasteiger partial charge in [-0.25, -0.2) is 0 Å². The predicted molar refractivity (Wildman–Crippen MR) is 95.7 cm³/mol. The Bertz CT molecular complexity index is 772. The first-order valence-electron chi connectivity index (χ1n) is 8.82. The third-order valence-electron chi connectivity index (χ3n) is 4.45. The minimum Gasteiger partial charge on any atom is -0.359 e. The molecule has 0 aromatic carbocycles. The molecule has 1 saturated heterocycles. The zero-order valence-corrected chi connectivity index (χ0v) is 15.4. The zero-order chi connectivity index (χ0) is 18.7. The van der Waals surface area contributed by atoms with Crippen LogP contribution in [0.1, 0.15) is 26.0 Å². The van der Waals surface area contributed by atoms with Gasteiger partial charge in [0, 0.05) is 50.6 Å². The Morgan fingerprint density at radius 3 is 2.81 bits per heavy atom. The van der Waals surface area contributed by atoms with Gasteiger partial charge in [0.1, 0.15) is 5.69 Å². The molecule has 26 heavy (non-hydrogen) atoms. The number of carbonyl (C=O) groups excluding carboxylic acids is 2. The summed E-state index contributed by atoms with van der Waals surface area (Å²) in [6.07, 6.45) is 3.67. The molecule has 1 aliphatic heterocycles. The van der Waals surface area contributed by atoms with Crippen molar-refractivity contribution in [3.8, 4) is 11.3 Å². The van der Waals surface area contributed by atoms with Crippen molar-refractivity contribution in [1.82, 2.24) is 19.9 Å². The Morgan fingerprint density at radius 2 is 2.12 bits per heavy atom. The average molecular weight is 356 g/mol. The highest BCUT2D eigenvalue weighted by atomic mass is 16.5. The molecule has 0 spiro atoms. The number of hydrogen-bond acceptors (Lipinski definition) is 5. The number of pyridine rings is 1. The van der Waals surface area contributed by atoms with Gasteiger partial charge in [0.05, 0.1) is 12.5 Å². The summed E-state index contributed by atoms with van der Waals surface area (Å²) in [6, 6.07) is 5.53. The van der Waals surface area contributed by atoms with Crippen molar-refractivity contribution < 1.29 is 14.1 Å². The lowest BCUT2D eigenvalue weighted by Crippen LogP contribution is -2.35. The quantitative estimate of drug-likeness (QED) is 0.793. The second kappa shape index (κ2) is 7.68. The maximum absolute atomic E-state index is 12.7. The van der Waals surface area contributed by atoms with Crippen molar-refractivity contribution >= 4 is 11.8 Å². The van der Waals surface area contributed by atoms with Crippen LogP contribution in [0.15, 0.2) is 35.1 Å². The van der Waals surface area contributed by atoms with Crippen molar-refractivity contribution in [1.29, 1.82) is 0 Å². The van der Waals surface area contributed by atoms with Crippen LogP contribution in [0.3, 0.4) is 0 Å². The fourth-order valence-corrected chi connectivity index (χ4v) is 3.22. The van der Waals surface area contributed by atoms with Gasteiger partial charge in [-0.3, -0.25) is 14.6 Å². The molecule has 7 heteroatoms. The first-order chi connectivity index (χ1) is 12.4. The van der Waals surface area contributed by atoms with Crippen molar-refractivity contribution in [3.63, 3.8) is 0 Å². The van der Waals surface area contributed by atoms with E-state index in [1.807, 2.05) is 18.2 Å². The lowest BCUT2D eigenvalue weighted by molar-refractivity contribution is -0.135. The van der Waals surface area contributed by atoms with Gasteiger partial charge in [-0.05, 0) is 18.1 Å². The van der Waals surface area contributed by atoms with Gasteiger partial charge in [-0.1, -0.05) is 19.0 Å². The third kappa shape index (κ3) is 4.09. The highest BCUT2D eigenvalue weighted by Gasteiger charge is 2.35. The molecule has 0 N–H and O–H groups in total. The largest absolute Gasteiger partial charge is 0.359 e. The minimum atomic E-state index is -0.283. The standard InChI is InChI=1S/C19H24N4O3/c1-13(2)10-23-11-15(8-18(23)24)19(25)22(3)12-16-9-17(21-26-16)14-4-6-20-7-5-14/h4-7,9,13,15H,8,10-12H2,1-3H3. The first kappa shape index (κ1) is 18.1. The number of amides is 2. The molecule has 7 nitrogen and oxygen atoms in total. The number of aromatic nitrogens is 2. The van der Waals surface area contributed by atoms with Crippen LogP contribution < -0.4 is 0 Å². The maximum atomic E-state index is 12.7. The van der Waals surface area contributed by atoms with Crippen molar-refractivity contribution in [2.45, 2.75) is 26.8 Å². The zero-order valence-electron chi connectivity index (χ0n) is 15.4. The minimum absolute atomic E-state index is 0.0357. The fraction of sp³-hybridized carbons (Fsp3) is 0.474. The average Bonchev–Trinajstić information content (AvgIpc) is 3.22. The Hall–Kier alpha value is -2.70. The molecule has 3 heterocycles. The smallest absolute Gasteiger partial charge is 0.228 e. The summed E-state index contributed by atoms with van der Waals surface area (Å²) < 4.78 is 5.36. The summed E-state index contributed by atoms with van der Waals surface area (Å²) in [6.45, 7) is 5.66. The monoisotopic (exact) mass is 356 g/mol. The van der Waals surface area contributed by atoms with E-state index in [0.29, 0.717) is 37.0 Å². The van der Waals surface area contributed by atoms with E-state index in [0.717, 1.165) is 5.56 Å². The van der Waals surface area contributed by atoms with Crippen LogP contribution >= 0.6 is 0 Å². The Kier molecular flexibility index (Phi) is 5.35. The van der Waals surface area contributed by atoms with E-state index >= 15 is 0 Å². The fourth-order valence-electron chi connectivity index (χ4n) is 3.22. The normalized spacial score (nSPS) is 17.2. The summed E-state index contributed by atoms with van der Waals surface area (Å²) in [5, 5.41) is 4.05. The van der Waals surface area contributed by atoms with Crippen LogP contribution in [0, 0.1) is 11.8 Å². The van der Waals surface area contributed by atoms with Crippen LogP contribution in [0.2, 0.25) is 0 Å². The summed E-state index contributed by atoms with van der Waals surface area (Å²) in [5.41, 5.74) is 1.62. The van der Waals surface area contributed by atoms with Gasteiger partial charge in [-0.15, -0.1) is 0 Å². The molecule has 3 rings (SSSR count). The maximum Gasteiger partial charge on any atom is 0.228 e. The van der Waals surface area contributed by atoms with Crippen molar-refractivity contribution in [2.75, 3.05) is 20.1 Å². The Morgan fingerprint density at radius 1 is 1.38 bits per heavy atom. The second-order valence-corrected chi connectivity index (χ2v) is 7.20.